The van der Waals surface area contributed by atoms with Crippen LogP contribution in [0.4, 0.5) is 19.0 Å². The summed E-state index contributed by atoms with van der Waals surface area (Å²) in [6.45, 7) is 9.52. The molecule has 0 bridgehead atoms. The molecule has 0 aliphatic carbocycles. The van der Waals surface area contributed by atoms with Gasteiger partial charge < -0.3 is 9.47 Å². The molecule has 0 radical (unpaired) electrons. The van der Waals surface area contributed by atoms with Gasteiger partial charge in [0.25, 0.3) is 0 Å². The highest BCUT2D eigenvalue weighted by molar-refractivity contribution is 5.84. The SMILES string of the molecule is CCn1c(CC#N)nc2c(N3C[C@@H](C)N(C(C)c4cccc(C(F)(F)F)c4)C[C@@H]3C)nc(=O)n(C)c21. The average molecular weight is 502 g/mol. The average Bonchev–Trinajstić information content (AvgIpc) is 3.20. The lowest BCUT2D eigenvalue weighted by molar-refractivity contribution is -0.137. The molecule has 36 heavy (non-hydrogen) atoms. The van der Waals surface area contributed by atoms with Crippen LogP contribution in [0.15, 0.2) is 29.1 Å². The number of halogens is 3. The maximum absolute atomic E-state index is 13.3. The molecule has 0 spiro atoms. The first-order valence-corrected chi connectivity index (χ1v) is 12.0. The van der Waals surface area contributed by atoms with Crippen LogP contribution in [0.5, 0.6) is 0 Å². The van der Waals surface area contributed by atoms with Crippen LogP contribution in [0.2, 0.25) is 0 Å². The Morgan fingerprint density at radius 1 is 1.19 bits per heavy atom. The van der Waals surface area contributed by atoms with Crippen LogP contribution in [0.25, 0.3) is 11.2 Å². The van der Waals surface area contributed by atoms with Crippen molar-refractivity contribution in [2.24, 2.45) is 7.05 Å². The quantitative estimate of drug-likeness (QED) is 0.528. The van der Waals surface area contributed by atoms with Gasteiger partial charge in [-0.15, -0.1) is 0 Å². The molecular formula is C25H30F3N7O. The highest BCUT2D eigenvalue weighted by Gasteiger charge is 2.36. The molecule has 3 aromatic rings. The molecule has 0 amide bonds. The van der Waals surface area contributed by atoms with Gasteiger partial charge >= 0.3 is 11.9 Å². The molecule has 1 aliphatic heterocycles. The largest absolute Gasteiger partial charge is 0.416 e. The van der Waals surface area contributed by atoms with Crippen molar-refractivity contribution in [1.29, 1.82) is 5.26 Å². The number of nitrogens with zero attached hydrogens (tertiary/aromatic N) is 7. The first-order chi connectivity index (χ1) is 17.0. The number of hydrogen-bond acceptors (Lipinski definition) is 6. The Bertz CT molecular complexity index is 1370. The molecular weight excluding hydrogens is 471 g/mol. The zero-order valence-corrected chi connectivity index (χ0v) is 21.0. The lowest BCUT2D eigenvalue weighted by atomic mass is 9.99. The third-order valence-corrected chi connectivity index (χ3v) is 7.09. The number of aromatic nitrogens is 4. The summed E-state index contributed by atoms with van der Waals surface area (Å²) in [6.07, 6.45) is -4.28. The van der Waals surface area contributed by atoms with E-state index in [4.69, 9.17) is 4.98 Å². The minimum atomic E-state index is -4.39. The second-order valence-electron chi connectivity index (χ2n) is 9.40. The summed E-state index contributed by atoms with van der Waals surface area (Å²) < 4.78 is 43.1. The first kappa shape index (κ1) is 25.7. The highest BCUT2D eigenvalue weighted by Crippen LogP contribution is 2.35. The number of benzene rings is 1. The predicted octanol–water partition coefficient (Wildman–Crippen LogP) is 3.89. The van der Waals surface area contributed by atoms with E-state index in [1.807, 2.05) is 37.2 Å². The standard InChI is InChI=1S/C25H30F3N7O/c1-6-33-20(10-11-29)30-21-22(31-24(36)32(5)23(21)33)35-14-15(2)34(13-16(35)3)17(4)18-8-7-9-19(12-18)25(26,27)28/h7-9,12,15-17H,6,10,13-14H2,1-5H3/t15-,16+,17?/m1/s1. The van der Waals surface area contributed by atoms with Gasteiger partial charge in [0.1, 0.15) is 17.0 Å². The number of hydrogen-bond donors (Lipinski definition) is 0. The number of fused-ring (bicyclic) bond motifs is 1. The third kappa shape index (κ3) is 4.46. The minimum Gasteiger partial charge on any atom is -0.349 e. The van der Waals surface area contributed by atoms with Crippen molar-refractivity contribution in [3.8, 4) is 6.07 Å². The summed E-state index contributed by atoms with van der Waals surface area (Å²) in [6, 6.07) is 7.27. The molecule has 0 N–H and O–H groups in total. The molecule has 1 unspecified atom stereocenters. The van der Waals surface area contributed by atoms with Gasteiger partial charge in [0.05, 0.1) is 18.1 Å². The van der Waals surface area contributed by atoms with Gasteiger partial charge in [0.15, 0.2) is 5.82 Å². The van der Waals surface area contributed by atoms with Crippen LogP contribution in [-0.2, 0) is 26.2 Å². The van der Waals surface area contributed by atoms with Crippen molar-refractivity contribution in [3.05, 3.63) is 51.7 Å². The van der Waals surface area contributed by atoms with Crippen molar-refractivity contribution in [2.75, 3.05) is 18.0 Å². The van der Waals surface area contributed by atoms with Gasteiger partial charge in [-0.3, -0.25) is 9.47 Å². The fraction of sp³-hybridized carbons (Fsp3) is 0.520. The van der Waals surface area contributed by atoms with Crippen LogP contribution in [-0.4, -0.2) is 49.2 Å². The number of imidazole rings is 1. The molecule has 2 aromatic heterocycles. The zero-order chi connectivity index (χ0) is 26.4. The van der Waals surface area contributed by atoms with E-state index >= 15 is 0 Å². The minimum absolute atomic E-state index is 0.0292. The number of aryl methyl sites for hydroxylation is 2. The maximum Gasteiger partial charge on any atom is 0.416 e. The number of piperazine rings is 1. The van der Waals surface area contributed by atoms with Crippen molar-refractivity contribution in [2.45, 2.75) is 65.0 Å². The molecule has 4 rings (SSSR count). The van der Waals surface area contributed by atoms with E-state index in [1.165, 1.54) is 16.7 Å². The van der Waals surface area contributed by atoms with Crippen LogP contribution >= 0.6 is 0 Å². The molecule has 11 heteroatoms. The van der Waals surface area contributed by atoms with E-state index in [0.29, 0.717) is 48.0 Å². The molecule has 3 atom stereocenters. The molecule has 192 valence electrons. The number of alkyl halides is 3. The third-order valence-electron chi connectivity index (χ3n) is 7.09. The lowest BCUT2D eigenvalue weighted by Gasteiger charge is -2.47. The van der Waals surface area contributed by atoms with Crippen LogP contribution < -0.4 is 10.6 Å². The van der Waals surface area contributed by atoms with Crippen LogP contribution in [0, 0.1) is 11.3 Å². The number of anilines is 1. The van der Waals surface area contributed by atoms with Crippen molar-refractivity contribution < 1.29 is 13.2 Å². The Balaban J connectivity index is 1.69. The molecule has 1 fully saturated rings. The molecule has 3 heterocycles. The Labute approximate surface area is 207 Å². The van der Waals surface area contributed by atoms with Gasteiger partial charge in [0.2, 0.25) is 0 Å². The van der Waals surface area contributed by atoms with Crippen LogP contribution in [0.1, 0.15) is 50.7 Å². The predicted molar refractivity (Wildman–Crippen MR) is 131 cm³/mol. The summed E-state index contributed by atoms with van der Waals surface area (Å²) in [7, 11) is 1.65. The molecule has 8 nitrogen and oxygen atoms in total. The molecule has 1 aromatic carbocycles. The first-order valence-electron chi connectivity index (χ1n) is 12.0. The van der Waals surface area contributed by atoms with E-state index in [1.54, 1.807) is 13.1 Å². The fourth-order valence-corrected chi connectivity index (χ4v) is 5.18. The summed E-state index contributed by atoms with van der Waals surface area (Å²) in [5.41, 5.74) is 0.738. The van der Waals surface area contributed by atoms with E-state index in [-0.39, 0.29) is 24.5 Å². The van der Waals surface area contributed by atoms with E-state index in [2.05, 4.69) is 16.0 Å². The monoisotopic (exact) mass is 501 g/mol. The summed E-state index contributed by atoms with van der Waals surface area (Å²) >= 11 is 0. The molecule has 0 saturated carbocycles. The lowest BCUT2D eigenvalue weighted by Crippen LogP contribution is -2.57. The topological polar surface area (TPSA) is 83.0 Å². The van der Waals surface area contributed by atoms with Crippen molar-refractivity contribution in [3.63, 3.8) is 0 Å². The van der Waals surface area contributed by atoms with Gasteiger partial charge in [-0.25, -0.2) is 9.78 Å². The molecule has 1 saturated heterocycles. The van der Waals surface area contributed by atoms with E-state index in [0.717, 1.165) is 6.07 Å². The second-order valence-corrected chi connectivity index (χ2v) is 9.40. The zero-order valence-electron chi connectivity index (χ0n) is 21.0. The van der Waals surface area contributed by atoms with E-state index < -0.39 is 17.4 Å². The highest BCUT2D eigenvalue weighted by atomic mass is 19.4. The Hall–Kier alpha value is -3.39. The summed E-state index contributed by atoms with van der Waals surface area (Å²) in [4.78, 5) is 26.1. The van der Waals surface area contributed by atoms with Gasteiger partial charge in [-0.2, -0.15) is 23.4 Å². The van der Waals surface area contributed by atoms with Gasteiger partial charge in [0, 0.05) is 44.8 Å². The van der Waals surface area contributed by atoms with E-state index in [9.17, 15) is 23.2 Å². The maximum atomic E-state index is 13.3. The van der Waals surface area contributed by atoms with Gasteiger partial charge in [-0.1, -0.05) is 12.1 Å². The Kier molecular flexibility index (Phi) is 6.84. The fourth-order valence-electron chi connectivity index (χ4n) is 5.18. The summed E-state index contributed by atoms with van der Waals surface area (Å²) in [5, 5.41) is 9.25. The Morgan fingerprint density at radius 2 is 1.92 bits per heavy atom. The normalized spacial score (nSPS) is 20.0. The van der Waals surface area contributed by atoms with Crippen LogP contribution in [0.3, 0.4) is 0 Å². The van der Waals surface area contributed by atoms with Crippen molar-refractivity contribution >= 4 is 17.0 Å². The Morgan fingerprint density at radius 3 is 2.56 bits per heavy atom. The second kappa shape index (κ2) is 9.58. The smallest absolute Gasteiger partial charge is 0.349 e. The molecule has 1 aliphatic rings. The van der Waals surface area contributed by atoms with Crippen molar-refractivity contribution in [1.82, 2.24) is 24.0 Å². The summed E-state index contributed by atoms with van der Waals surface area (Å²) in [5.74, 6) is 1.06. The number of nitriles is 1. The van der Waals surface area contributed by atoms with Gasteiger partial charge in [-0.05, 0) is 45.4 Å². The number of rotatable bonds is 5.